The Hall–Kier alpha value is -2.89. The fourth-order valence-electron chi connectivity index (χ4n) is 2.48. The molecule has 0 unspecified atom stereocenters. The molecule has 1 aliphatic rings. The topological polar surface area (TPSA) is 127 Å². The Labute approximate surface area is 155 Å². The molecule has 0 bridgehead atoms. The Kier molecular flexibility index (Phi) is 5.74. The van der Waals surface area contributed by atoms with Gasteiger partial charge in [-0.1, -0.05) is 0 Å². The predicted molar refractivity (Wildman–Crippen MR) is 98.1 cm³/mol. The number of non-ortho nitro benzene ring substituents is 1. The van der Waals surface area contributed by atoms with Crippen molar-refractivity contribution in [1.29, 1.82) is 0 Å². The third kappa shape index (κ3) is 4.45. The average Bonchev–Trinajstić information content (AvgIpc) is 2.69. The van der Waals surface area contributed by atoms with Gasteiger partial charge in [0.15, 0.2) is 0 Å². The number of hydrazone groups is 1. The molecule has 11 heteroatoms. The van der Waals surface area contributed by atoms with Crippen molar-refractivity contribution in [3.63, 3.8) is 0 Å². The third-order valence-electron chi connectivity index (χ3n) is 3.87. The molecule has 1 saturated heterocycles. The van der Waals surface area contributed by atoms with Crippen LogP contribution < -0.4 is 5.43 Å². The van der Waals surface area contributed by atoms with Crippen molar-refractivity contribution in [3.05, 3.63) is 58.4 Å². The first-order chi connectivity index (χ1) is 13.0. The van der Waals surface area contributed by atoms with E-state index in [1.807, 2.05) is 0 Å². The van der Waals surface area contributed by atoms with E-state index in [0.717, 1.165) is 11.6 Å². The number of ether oxygens (including phenoxy) is 1. The van der Waals surface area contributed by atoms with E-state index >= 15 is 0 Å². The molecule has 0 amide bonds. The molecule has 0 aliphatic carbocycles. The van der Waals surface area contributed by atoms with Crippen molar-refractivity contribution in [2.24, 2.45) is 5.10 Å². The van der Waals surface area contributed by atoms with E-state index in [1.165, 1.54) is 22.7 Å². The first-order valence-electron chi connectivity index (χ1n) is 8.04. The van der Waals surface area contributed by atoms with Gasteiger partial charge in [-0.05, 0) is 23.8 Å². The van der Waals surface area contributed by atoms with Crippen LogP contribution in [0.5, 0.6) is 0 Å². The molecule has 0 atom stereocenters. The molecule has 0 saturated carbocycles. The summed E-state index contributed by atoms with van der Waals surface area (Å²) in [5, 5.41) is 15.1. The number of nitrogens with zero attached hydrogens (tertiary/aromatic N) is 4. The molecular weight excluding hydrogens is 374 g/mol. The van der Waals surface area contributed by atoms with Gasteiger partial charge in [0.25, 0.3) is 5.69 Å². The molecule has 10 nitrogen and oxygen atoms in total. The summed E-state index contributed by atoms with van der Waals surface area (Å²) in [7, 11) is -3.94. The molecule has 3 rings (SSSR count). The minimum absolute atomic E-state index is 0.150. The standard InChI is InChI=1S/C16H17N5O5S/c22-21(23)14-1-2-15(19-18-12-13-3-5-17-6-4-13)16(11-14)27(24,25)20-7-9-26-10-8-20/h1-6,11-12,19H,7-10H2/b18-12+. The van der Waals surface area contributed by atoms with Gasteiger partial charge in [0, 0.05) is 37.6 Å². The Balaban J connectivity index is 1.93. The molecule has 1 aromatic heterocycles. The van der Waals surface area contributed by atoms with Crippen LogP contribution in [0.4, 0.5) is 11.4 Å². The number of aromatic nitrogens is 1. The second-order valence-corrected chi connectivity index (χ2v) is 7.51. The van der Waals surface area contributed by atoms with E-state index in [4.69, 9.17) is 4.74 Å². The molecule has 27 heavy (non-hydrogen) atoms. The Morgan fingerprint density at radius 2 is 1.93 bits per heavy atom. The zero-order valence-electron chi connectivity index (χ0n) is 14.2. The predicted octanol–water partition coefficient (Wildman–Crippen LogP) is 1.46. The molecule has 2 heterocycles. The normalized spacial score (nSPS) is 15.7. The number of hydrogen-bond acceptors (Lipinski definition) is 8. The highest BCUT2D eigenvalue weighted by atomic mass is 32.2. The summed E-state index contributed by atoms with van der Waals surface area (Å²) < 4.78 is 32.3. The molecule has 1 fully saturated rings. The van der Waals surface area contributed by atoms with Crippen LogP contribution in [0.1, 0.15) is 5.56 Å². The summed E-state index contributed by atoms with van der Waals surface area (Å²) in [5.41, 5.74) is 3.26. The zero-order valence-corrected chi connectivity index (χ0v) is 15.0. The van der Waals surface area contributed by atoms with Crippen LogP contribution in [0.15, 0.2) is 52.7 Å². The minimum atomic E-state index is -3.94. The Morgan fingerprint density at radius 1 is 1.22 bits per heavy atom. The van der Waals surface area contributed by atoms with Gasteiger partial charge >= 0.3 is 0 Å². The van der Waals surface area contributed by atoms with E-state index in [2.05, 4.69) is 15.5 Å². The maximum atomic E-state index is 13.0. The van der Waals surface area contributed by atoms with E-state index in [0.29, 0.717) is 0 Å². The van der Waals surface area contributed by atoms with Gasteiger partial charge in [0.05, 0.1) is 30.0 Å². The van der Waals surface area contributed by atoms with Crippen LogP contribution in [0.3, 0.4) is 0 Å². The lowest BCUT2D eigenvalue weighted by Gasteiger charge is -2.26. The molecule has 0 radical (unpaired) electrons. The summed E-state index contributed by atoms with van der Waals surface area (Å²) in [6.07, 6.45) is 4.69. The van der Waals surface area contributed by atoms with Gasteiger partial charge in [0.1, 0.15) is 4.90 Å². The number of pyridine rings is 1. The summed E-state index contributed by atoms with van der Waals surface area (Å²) in [5.74, 6) is 0. The number of morpholine rings is 1. The summed E-state index contributed by atoms with van der Waals surface area (Å²) in [6.45, 7) is 0.920. The second kappa shape index (κ2) is 8.20. The van der Waals surface area contributed by atoms with Crippen LogP contribution >= 0.6 is 0 Å². The van der Waals surface area contributed by atoms with E-state index in [9.17, 15) is 18.5 Å². The van der Waals surface area contributed by atoms with Gasteiger partial charge in [-0.15, -0.1) is 0 Å². The Morgan fingerprint density at radius 3 is 2.59 bits per heavy atom. The van der Waals surface area contributed by atoms with E-state index in [1.54, 1.807) is 24.5 Å². The van der Waals surface area contributed by atoms with Crippen LogP contribution in [0.25, 0.3) is 0 Å². The lowest BCUT2D eigenvalue weighted by Crippen LogP contribution is -2.40. The molecule has 1 aromatic carbocycles. The SMILES string of the molecule is O=[N+]([O-])c1ccc(N/N=C/c2ccncc2)c(S(=O)(=O)N2CCOCC2)c1. The van der Waals surface area contributed by atoms with Gasteiger partial charge < -0.3 is 4.74 Å². The van der Waals surface area contributed by atoms with Crippen LogP contribution in [-0.4, -0.2) is 55.1 Å². The molecule has 142 valence electrons. The van der Waals surface area contributed by atoms with Crippen LogP contribution in [0.2, 0.25) is 0 Å². The molecule has 1 N–H and O–H groups in total. The van der Waals surface area contributed by atoms with Crippen molar-refractivity contribution in [1.82, 2.24) is 9.29 Å². The smallest absolute Gasteiger partial charge is 0.270 e. The van der Waals surface area contributed by atoms with Gasteiger partial charge in [-0.25, -0.2) is 8.42 Å². The van der Waals surface area contributed by atoms with Crippen molar-refractivity contribution in [2.75, 3.05) is 31.7 Å². The van der Waals surface area contributed by atoms with E-state index < -0.39 is 14.9 Å². The van der Waals surface area contributed by atoms with Gasteiger partial charge in [-0.3, -0.25) is 20.5 Å². The lowest BCUT2D eigenvalue weighted by molar-refractivity contribution is -0.385. The number of hydrogen-bond donors (Lipinski definition) is 1. The fourth-order valence-corrected chi connectivity index (χ4v) is 4.05. The van der Waals surface area contributed by atoms with Crippen LogP contribution in [-0.2, 0) is 14.8 Å². The van der Waals surface area contributed by atoms with E-state index in [-0.39, 0.29) is 42.6 Å². The molecule has 1 aliphatic heterocycles. The van der Waals surface area contributed by atoms with Gasteiger partial charge in [-0.2, -0.15) is 9.41 Å². The highest BCUT2D eigenvalue weighted by Crippen LogP contribution is 2.29. The average molecular weight is 391 g/mol. The largest absolute Gasteiger partial charge is 0.379 e. The highest BCUT2D eigenvalue weighted by molar-refractivity contribution is 7.89. The van der Waals surface area contributed by atoms with Crippen molar-refractivity contribution in [3.8, 4) is 0 Å². The highest BCUT2D eigenvalue weighted by Gasteiger charge is 2.30. The maximum absolute atomic E-state index is 13.0. The number of nitro groups is 1. The lowest BCUT2D eigenvalue weighted by atomic mass is 10.3. The monoisotopic (exact) mass is 391 g/mol. The Bertz CT molecular complexity index is 943. The number of benzene rings is 1. The quantitative estimate of drug-likeness (QED) is 0.448. The zero-order chi connectivity index (χ0) is 19.3. The summed E-state index contributed by atoms with van der Waals surface area (Å²) in [4.78, 5) is 14.1. The summed E-state index contributed by atoms with van der Waals surface area (Å²) in [6, 6.07) is 7.05. The van der Waals surface area contributed by atoms with Crippen molar-refractivity contribution in [2.45, 2.75) is 4.90 Å². The third-order valence-corrected chi connectivity index (χ3v) is 5.81. The number of sulfonamides is 1. The first kappa shape index (κ1) is 18.9. The first-order valence-corrected chi connectivity index (χ1v) is 9.48. The summed E-state index contributed by atoms with van der Waals surface area (Å²) >= 11 is 0. The van der Waals surface area contributed by atoms with Crippen LogP contribution in [0, 0.1) is 10.1 Å². The van der Waals surface area contributed by atoms with Crippen molar-refractivity contribution >= 4 is 27.6 Å². The fraction of sp³-hybridized carbons (Fsp3) is 0.250. The second-order valence-electron chi connectivity index (χ2n) is 5.60. The molecule has 0 spiro atoms. The molecule has 2 aromatic rings. The number of rotatable bonds is 6. The number of nitro benzene ring substituents is 1. The minimum Gasteiger partial charge on any atom is -0.379 e. The van der Waals surface area contributed by atoms with Gasteiger partial charge in [0.2, 0.25) is 10.0 Å². The maximum Gasteiger partial charge on any atom is 0.270 e. The number of nitrogens with one attached hydrogen (secondary N) is 1. The molecular formula is C16H17N5O5S. The number of anilines is 1. The van der Waals surface area contributed by atoms with Crippen molar-refractivity contribution < 1.29 is 18.1 Å².